The highest BCUT2D eigenvalue weighted by Crippen LogP contribution is 2.30. The van der Waals surface area contributed by atoms with Crippen molar-refractivity contribution in [3.8, 4) is 0 Å². The zero-order valence-electron chi connectivity index (χ0n) is 11.6. The van der Waals surface area contributed by atoms with E-state index >= 15 is 0 Å². The van der Waals surface area contributed by atoms with Crippen LogP contribution in [0.2, 0.25) is 0 Å². The van der Waals surface area contributed by atoms with Gasteiger partial charge in [-0.15, -0.1) is 0 Å². The third-order valence-corrected chi connectivity index (χ3v) is 3.99. The van der Waals surface area contributed by atoms with Crippen molar-refractivity contribution in [2.24, 2.45) is 11.8 Å². The number of nitrogens with zero attached hydrogens (tertiary/aromatic N) is 1. The number of halogens is 2. The van der Waals surface area contributed by atoms with Crippen LogP contribution >= 0.6 is 0 Å². The molecule has 0 aromatic heterocycles. The van der Waals surface area contributed by atoms with Crippen molar-refractivity contribution in [3.05, 3.63) is 35.4 Å². The van der Waals surface area contributed by atoms with Gasteiger partial charge in [0.25, 0.3) is 0 Å². The van der Waals surface area contributed by atoms with E-state index in [0.717, 1.165) is 12.1 Å². The van der Waals surface area contributed by atoms with E-state index in [9.17, 15) is 13.6 Å². The second-order valence-electron chi connectivity index (χ2n) is 5.67. The lowest BCUT2D eigenvalue weighted by Crippen LogP contribution is -2.43. The van der Waals surface area contributed by atoms with E-state index in [4.69, 9.17) is 5.11 Å². The minimum atomic E-state index is -0.825. The first-order valence-electron chi connectivity index (χ1n) is 6.80. The number of hydrogen-bond acceptors (Lipinski definition) is 2. The molecule has 110 valence electrons. The molecule has 0 radical (unpaired) electrons. The minimum Gasteiger partial charge on any atom is -0.481 e. The Kier molecular flexibility index (Phi) is 4.38. The number of hydrogen-bond donors (Lipinski definition) is 1. The van der Waals surface area contributed by atoms with Gasteiger partial charge in [-0.2, -0.15) is 0 Å². The first-order valence-corrected chi connectivity index (χ1v) is 6.80. The summed E-state index contributed by atoms with van der Waals surface area (Å²) in [6.07, 6.45) is 0.629. The molecule has 2 rings (SSSR count). The number of carboxylic acid groups (broad SMARTS) is 1. The summed E-state index contributed by atoms with van der Waals surface area (Å²) in [6.45, 7) is 4.84. The predicted molar refractivity (Wildman–Crippen MR) is 71.3 cm³/mol. The molecule has 3 unspecified atom stereocenters. The second-order valence-corrected chi connectivity index (χ2v) is 5.67. The van der Waals surface area contributed by atoms with Crippen LogP contribution in [0.1, 0.15) is 31.9 Å². The molecule has 1 aromatic carbocycles. The molecule has 1 fully saturated rings. The summed E-state index contributed by atoms with van der Waals surface area (Å²) in [6, 6.07) is 3.05. The Hall–Kier alpha value is -1.49. The molecule has 3 atom stereocenters. The van der Waals surface area contributed by atoms with Crippen molar-refractivity contribution in [2.45, 2.75) is 26.3 Å². The zero-order chi connectivity index (χ0) is 14.9. The number of benzene rings is 1. The molecule has 0 saturated carbocycles. The lowest BCUT2D eigenvalue weighted by atomic mass is 9.89. The Bertz CT molecular complexity index is 507. The van der Waals surface area contributed by atoms with Gasteiger partial charge in [-0.05, 0) is 37.5 Å². The third-order valence-electron chi connectivity index (χ3n) is 3.99. The summed E-state index contributed by atoms with van der Waals surface area (Å²) in [5.41, 5.74) is 0.281. The quantitative estimate of drug-likeness (QED) is 0.926. The van der Waals surface area contributed by atoms with Crippen LogP contribution in [-0.2, 0) is 4.79 Å². The highest BCUT2D eigenvalue weighted by atomic mass is 19.1. The van der Waals surface area contributed by atoms with Crippen LogP contribution in [0.25, 0.3) is 0 Å². The van der Waals surface area contributed by atoms with Gasteiger partial charge in [0.15, 0.2) is 0 Å². The Balaban J connectivity index is 2.21. The largest absolute Gasteiger partial charge is 0.481 e. The number of likely N-dealkylation sites (tertiary alicyclic amines) is 1. The SMILES string of the molecule is CC1CC(C(=O)O)CN(C(C)c2cc(F)ccc2F)C1. The summed E-state index contributed by atoms with van der Waals surface area (Å²) in [5.74, 6) is -1.98. The summed E-state index contributed by atoms with van der Waals surface area (Å²) in [5, 5.41) is 9.16. The topological polar surface area (TPSA) is 40.5 Å². The van der Waals surface area contributed by atoms with E-state index in [1.165, 1.54) is 6.07 Å². The first-order chi connectivity index (χ1) is 9.38. The van der Waals surface area contributed by atoms with Crippen LogP contribution < -0.4 is 0 Å². The van der Waals surface area contributed by atoms with Crippen LogP contribution in [-0.4, -0.2) is 29.1 Å². The Morgan fingerprint density at radius 2 is 2.10 bits per heavy atom. The van der Waals surface area contributed by atoms with Gasteiger partial charge in [0.2, 0.25) is 0 Å². The lowest BCUT2D eigenvalue weighted by Gasteiger charge is -2.38. The van der Waals surface area contributed by atoms with Gasteiger partial charge in [0, 0.05) is 24.7 Å². The molecule has 1 aliphatic rings. The molecule has 1 aromatic rings. The maximum absolute atomic E-state index is 13.8. The highest BCUT2D eigenvalue weighted by molar-refractivity contribution is 5.70. The molecule has 3 nitrogen and oxygen atoms in total. The summed E-state index contributed by atoms with van der Waals surface area (Å²) >= 11 is 0. The van der Waals surface area contributed by atoms with Gasteiger partial charge in [-0.3, -0.25) is 9.69 Å². The molecule has 0 spiro atoms. The van der Waals surface area contributed by atoms with Gasteiger partial charge in [-0.25, -0.2) is 8.78 Å². The van der Waals surface area contributed by atoms with Gasteiger partial charge in [0.05, 0.1) is 5.92 Å². The summed E-state index contributed by atoms with van der Waals surface area (Å²) in [4.78, 5) is 13.1. The number of rotatable bonds is 3. The van der Waals surface area contributed by atoms with E-state index < -0.39 is 23.5 Å². The molecule has 1 heterocycles. The monoisotopic (exact) mass is 283 g/mol. The normalized spacial score (nSPS) is 25.4. The van der Waals surface area contributed by atoms with E-state index in [2.05, 4.69) is 0 Å². The Morgan fingerprint density at radius 3 is 2.75 bits per heavy atom. The smallest absolute Gasteiger partial charge is 0.307 e. The molecule has 1 saturated heterocycles. The number of piperidine rings is 1. The average molecular weight is 283 g/mol. The fraction of sp³-hybridized carbons (Fsp3) is 0.533. The van der Waals surface area contributed by atoms with Gasteiger partial charge >= 0.3 is 5.97 Å². The van der Waals surface area contributed by atoms with Crippen molar-refractivity contribution in [2.75, 3.05) is 13.1 Å². The van der Waals surface area contributed by atoms with E-state index in [1.54, 1.807) is 6.92 Å². The minimum absolute atomic E-state index is 0.226. The molecule has 0 bridgehead atoms. The Morgan fingerprint density at radius 1 is 1.40 bits per heavy atom. The average Bonchev–Trinajstić information content (AvgIpc) is 2.40. The van der Waals surface area contributed by atoms with Crippen molar-refractivity contribution in [3.63, 3.8) is 0 Å². The first kappa shape index (κ1) is 14.9. The number of carbonyl (C=O) groups is 1. The van der Waals surface area contributed by atoms with Crippen molar-refractivity contribution in [1.82, 2.24) is 4.90 Å². The molecular formula is C15H19F2NO2. The van der Waals surface area contributed by atoms with Crippen LogP contribution in [0.3, 0.4) is 0 Å². The van der Waals surface area contributed by atoms with Crippen molar-refractivity contribution < 1.29 is 18.7 Å². The fourth-order valence-electron chi connectivity index (χ4n) is 2.92. The highest BCUT2D eigenvalue weighted by Gasteiger charge is 2.32. The fourth-order valence-corrected chi connectivity index (χ4v) is 2.92. The van der Waals surface area contributed by atoms with Crippen molar-refractivity contribution >= 4 is 5.97 Å². The van der Waals surface area contributed by atoms with Gasteiger partial charge in [0.1, 0.15) is 11.6 Å². The predicted octanol–water partition coefficient (Wildman–Crippen LogP) is 3.07. The molecule has 0 aliphatic carbocycles. The number of carboxylic acids is 1. The zero-order valence-corrected chi connectivity index (χ0v) is 11.6. The molecule has 1 aliphatic heterocycles. The van der Waals surface area contributed by atoms with Gasteiger partial charge < -0.3 is 5.11 Å². The molecule has 0 amide bonds. The Labute approximate surface area is 117 Å². The van der Waals surface area contributed by atoms with Crippen molar-refractivity contribution in [1.29, 1.82) is 0 Å². The standard InChI is InChI=1S/C15H19F2NO2/c1-9-5-11(15(19)20)8-18(7-9)10(2)13-6-12(16)3-4-14(13)17/h3-4,6,9-11H,5,7-8H2,1-2H3,(H,19,20). The van der Waals surface area contributed by atoms with Crippen LogP contribution in [0.4, 0.5) is 8.78 Å². The lowest BCUT2D eigenvalue weighted by molar-refractivity contribution is -0.144. The van der Waals surface area contributed by atoms with Gasteiger partial charge in [-0.1, -0.05) is 6.92 Å². The van der Waals surface area contributed by atoms with Crippen LogP contribution in [0.15, 0.2) is 18.2 Å². The third kappa shape index (κ3) is 3.15. The van der Waals surface area contributed by atoms with E-state index in [0.29, 0.717) is 19.5 Å². The van der Waals surface area contributed by atoms with Crippen LogP contribution in [0.5, 0.6) is 0 Å². The van der Waals surface area contributed by atoms with Crippen LogP contribution in [0, 0.1) is 23.5 Å². The maximum Gasteiger partial charge on any atom is 0.307 e. The summed E-state index contributed by atoms with van der Waals surface area (Å²) < 4.78 is 27.1. The molecule has 1 N–H and O–H groups in total. The molecule has 5 heteroatoms. The van der Waals surface area contributed by atoms with E-state index in [-0.39, 0.29) is 17.5 Å². The molecule has 20 heavy (non-hydrogen) atoms. The molecular weight excluding hydrogens is 264 g/mol. The number of aliphatic carboxylic acids is 1. The maximum atomic E-state index is 13.8. The second kappa shape index (κ2) is 5.87. The summed E-state index contributed by atoms with van der Waals surface area (Å²) in [7, 11) is 0. The van der Waals surface area contributed by atoms with E-state index in [1.807, 2.05) is 11.8 Å².